The minimum absolute atomic E-state index is 0.0522. The number of phenols is 1. The maximum Gasteiger partial charge on any atom is 0.305 e. The number of ether oxygens (including phenoxy) is 1. The summed E-state index contributed by atoms with van der Waals surface area (Å²) in [4.78, 5) is 40.8. The number of halogens is 1. The minimum Gasteiger partial charge on any atom is -0.507 e. The van der Waals surface area contributed by atoms with E-state index in [1.807, 2.05) is 24.3 Å². The van der Waals surface area contributed by atoms with Gasteiger partial charge in [-0.2, -0.15) is 5.10 Å². The van der Waals surface area contributed by atoms with Gasteiger partial charge in [-0.25, -0.2) is 0 Å². The van der Waals surface area contributed by atoms with Gasteiger partial charge in [-0.05, 0) is 81.5 Å². The third kappa shape index (κ3) is 9.12. The van der Waals surface area contributed by atoms with Gasteiger partial charge in [-0.3, -0.25) is 19.1 Å². The maximum atomic E-state index is 13.7. The number of unbranched alkanes of at least 4 members (excludes halogenated alkanes) is 1. The molecule has 1 fully saturated rings. The summed E-state index contributed by atoms with van der Waals surface area (Å²) < 4.78 is 6.67. The average Bonchev–Trinajstić information content (AvgIpc) is 3.67. The summed E-state index contributed by atoms with van der Waals surface area (Å²) in [6, 6.07) is 11.4. The monoisotopic (exact) mass is 686 g/mol. The molecule has 1 aromatic heterocycles. The molecular weight excluding hydrogens is 648 g/mol. The molecule has 48 heavy (non-hydrogen) atoms. The Morgan fingerprint density at radius 2 is 1.96 bits per heavy atom. The molecule has 2 N–H and O–H groups in total. The van der Waals surface area contributed by atoms with Crippen molar-refractivity contribution in [2.24, 2.45) is 7.05 Å². The number of aromatic hydroxyl groups is 1. The van der Waals surface area contributed by atoms with Crippen molar-refractivity contribution in [1.29, 1.82) is 0 Å². The molecule has 2 atom stereocenters. The number of rotatable bonds is 11. The van der Waals surface area contributed by atoms with Crippen LogP contribution in [0.25, 0.3) is 11.3 Å². The van der Waals surface area contributed by atoms with Gasteiger partial charge >= 0.3 is 5.97 Å². The first-order valence-electron chi connectivity index (χ1n) is 16.1. The molecular formula is C37H39ClN4O5S. The Labute approximate surface area is 290 Å². The van der Waals surface area contributed by atoms with Gasteiger partial charge in [0, 0.05) is 53.7 Å². The number of aromatic nitrogens is 2. The van der Waals surface area contributed by atoms with Crippen LogP contribution in [-0.2, 0) is 26.2 Å². The van der Waals surface area contributed by atoms with E-state index in [0.717, 1.165) is 30.4 Å². The summed E-state index contributed by atoms with van der Waals surface area (Å²) in [6.07, 6.45) is 12.3. The van der Waals surface area contributed by atoms with E-state index in [2.05, 4.69) is 28.3 Å². The van der Waals surface area contributed by atoms with Crippen molar-refractivity contribution < 1.29 is 24.2 Å². The van der Waals surface area contributed by atoms with Crippen molar-refractivity contribution in [3.63, 3.8) is 0 Å². The predicted octanol–water partition coefficient (Wildman–Crippen LogP) is 6.84. The van der Waals surface area contributed by atoms with Gasteiger partial charge in [0.2, 0.25) is 11.8 Å². The van der Waals surface area contributed by atoms with Gasteiger partial charge in [0.1, 0.15) is 17.5 Å². The van der Waals surface area contributed by atoms with Crippen molar-refractivity contribution in [1.82, 2.24) is 14.7 Å². The van der Waals surface area contributed by atoms with Crippen LogP contribution in [0.2, 0.25) is 5.02 Å². The molecule has 1 aliphatic heterocycles. The minimum atomic E-state index is -0.608. The highest BCUT2D eigenvalue weighted by atomic mass is 35.5. The first-order valence-corrected chi connectivity index (χ1v) is 17.5. The highest BCUT2D eigenvalue weighted by molar-refractivity contribution is 8.00. The van der Waals surface area contributed by atoms with Crippen LogP contribution in [-0.4, -0.2) is 61.3 Å². The van der Waals surface area contributed by atoms with E-state index in [-0.39, 0.29) is 35.3 Å². The fourth-order valence-electron chi connectivity index (χ4n) is 5.71. The quantitative estimate of drug-likeness (QED) is 0.129. The van der Waals surface area contributed by atoms with Gasteiger partial charge in [-0.1, -0.05) is 47.2 Å². The predicted molar refractivity (Wildman–Crippen MR) is 189 cm³/mol. The van der Waals surface area contributed by atoms with Crippen LogP contribution in [0.5, 0.6) is 5.75 Å². The van der Waals surface area contributed by atoms with Gasteiger partial charge < -0.3 is 20.1 Å². The van der Waals surface area contributed by atoms with Crippen molar-refractivity contribution in [2.75, 3.05) is 17.7 Å². The van der Waals surface area contributed by atoms with E-state index in [9.17, 15) is 19.5 Å². The number of phenolic OH excluding ortho intramolecular Hbond substituents is 1. The zero-order valence-corrected chi connectivity index (χ0v) is 28.7. The number of aryl methyl sites for hydroxylation is 1. The van der Waals surface area contributed by atoms with Crippen LogP contribution in [0.4, 0.5) is 5.69 Å². The molecule has 0 radical (unpaired) electrons. The van der Waals surface area contributed by atoms with Gasteiger partial charge in [0.15, 0.2) is 0 Å². The molecule has 2 aromatic carbocycles. The Bertz CT molecular complexity index is 1770. The lowest BCUT2D eigenvalue weighted by Crippen LogP contribution is -2.47. The second-order valence-electron chi connectivity index (χ2n) is 11.7. The zero-order valence-electron chi connectivity index (χ0n) is 27.1. The number of nitrogens with zero attached hydrogens (tertiary/aromatic N) is 3. The number of allylic oxidation sites excluding steroid dienone is 3. The molecule has 3 aromatic rings. The van der Waals surface area contributed by atoms with E-state index in [4.69, 9.17) is 16.3 Å². The third-order valence-corrected chi connectivity index (χ3v) is 9.68. The lowest BCUT2D eigenvalue weighted by atomic mass is 10.0. The normalized spacial score (nSPS) is 17.0. The lowest BCUT2D eigenvalue weighted by molar-refractivity contribution is -0.143. The Morgan fingerprint density at radius 1 is 1.15 bits per heavy atom. The van der Waals surface area contributed by atoms with Crippen LogP contribution in [0, 0.1) is 11.8 Å². The second-order valence-corrected chi connectivity index (χ2v) is 13.3. The van der Waals surface area contributed by atoms with Crippen molar-refractivity contribution in [3.8, 4) is 28.8 Å². The molecule has 0 bridgehead atoms. The number of esters is 1. The summed E-state index contributed by atoms with van der Waals surface area (Å²) in [5, 5.41) is 18.2. The summed E-state index contributed by atoms with van der Waals surface area (Å²) >= 11 is 7.77. The topological polar surface area (TPSA) is 114 Å². The molecule has 5 rings (SSSR count). The first-order chi connectivity index (χ1) is 23.2. The largest absolute Gasteiger partial charge is 0.507 e. The Balaban J connectivity index is 1.25. The van der Waals surface area contributed by atoms with Crippen LogP contribution in [0.15, 0.2) is 72.5 Å². The maximum absolute atomic E-state index is 13.7. The molecule has 2 amide bonds. The number of nitrogens with one attached hydrogen (secondary N) is 1. The molecule has 9 nitrogen and oxygen atoms in total. The van der Waals surface area contributed by atoms with Crippen molar-refractivity contribution >= 4 is 46.8 Å². The standard InChI is InChI=1S/C37H39ClN4O5S/c1-3-47-35(45)12-8-7-11-34-42(33(44)21-26-9-5-4-6-10-26)31(24-48-34)37(46)39-29-18-14-25(15-19-29)13-16-27-23-41(2)40-36(27)30-22-28(38)17-20-32(30)43/h4-5,9,14-15,17-20,22-23,31,34,43H,3,6-8,10-12,21,24H2,1-2H3,(H,39,46)/t31-,34?/m0/s1. The molecule has 0 saturated carbocycles. The molecule has 1 saturated heterocycles. The molecule has 250 valence electrons. The molecule has 2 aliphatic rings. The zero-order chi connectivity index (χ0) is 34.0. The Morgan fingerprint density at radius 3 is 2.71 bits per heavy atom. The van der Waals surface area contributed by atoms with Crippen LogP contribution >= 0.6 is 23.4 Å². The molecule has 0 spiro atoms. The number of carbonyl (C=O) groups excluding carboxylic acids is 3. The number of hydrogen-bond donors (Lipinski definition) is 2. The third-order valence-electron chi connectivity index (χ3n) is 8.09. The van der Waals surface area contributed by atoms with E-state index in [1.54, 1.807) is 65.8 Å². The van der Waals surface area contributed by atoms with Crippen molar-refractivity contribution in [3.05, 3.63) is 88.6 Å². The number of thioether (sulfide) groups is 1. The fraction of sp³-hybridized carbons (Fsp3) is 0.351. The van der Waals surface area contributed by atoms with E-state index >= 15 is 0 Å². The molecule has 2 heterocycles. The van der Waals surface area contributed by atoms with Gasteiger partial charge in [-0.15, -0.1) is 11.8 Å². The van der Waals surface area contributed by atoms with Crippen molar-refractivity contribution in [2.45, 2.75) is 63.3 Å². The highest BCUT2D eigenvalue weighted by Crippen LogP contribution is 2.35. The highest BCUT2D eigenvalue weighted by Gasteiger charge is 2.41. The summed E-state index contributed by atoms with van der Waals surface area (Å²) in [7, 11) is 1.78. The second kappa shape index (κ2) is 16.6. The number of anilines is 1. The smallest absolute Gasteiger partial charge is 0.305 e. The molecule has 1 aliphatic carbocycles. The molecule has 11 heteroatoms. The number of carbonyl (C=O) groups is 3. The SMILES string of the molecule is CCOC(=O)CCCCC1SC[C@@H](C(=O)Nc2ccc(C#Cc3cn(C)nc3-c3cc(Cl)ccc3O)cc2)N1C(=O)CC1=CC=CCC1. The van der Waals surface area contributed by atoms with Crippen LogP contribution in [0.1, 0.15) is 63.0 Å². The van der Waals surface area contributed by atoms with E-state index in [1.165, 1.54) is 6.07 Å². The van der Waals surface area contributed by atoms with Crippen LogP contribution < -0.4 is 5.32 Å². The summed E-state index contributed by atoms with van der Waals surface area (Å²) in [5.74, 6) is 6.33. The lowest BCUT2D eigenvalue weighted by Gasteiger charge is -2.29. The Kier molecular flexibility index (Phi) is 12.0. The van der Waals surface area contributed by atoms with Gasteiger partial charge in [0.25, 0.3) is 0 Å². The summed E-state index contributed by atoms with van der Waals surface area (Å²) in [5.41, 5.74) is 4.05. The molecule has 1 unspecified atom stereocenters. The van der Waals surface area contributed by atoms with E-state index < -0.39 is 6.04 Å². The fourth-order valence-corrected chi connectivity index (χ4v) is 7.35. The van der Waals surface area contributed by atoms with Gasteiger partial charge in [0.05, 0.1) is 17.5 Å². The van der Waals surface area contributed by atoms with E-state index in [0.29, 0.717) is 59.2 Å². The number of amides is 2. The summed E-state index contributed by atoms with van der Waals surface area (Å²) in [6.45, 7) is 2.15. The number of hydrogen-bond acceptors (Lipinski definition) is 7. The van der Waals surface area contributed by atoms with Crippen LogP contribution in [0.3, 0.4) is 0 Å². The Hall–Kier alpha value is -4.46. The first kappa shape index (κ1) is 34.9. The average molecular weight is 687 g/mol. The number of benzene rings is 2.